The predicted octanol–water partition coefficient (Wildman–Crippen LogP) is 1.91. The van der Waals surface area contributed by atoms with E-state index in [9.17, 15) is 8.42 Å². The van der Waals surface area contributed by atoms with Crippen molar-refractivity contribution in [1.82, 2.24) is 9.62 Å². The van der Waals surface area contributed by atoms with Crippen molar-refractivity contribution in [2.45, 2.75) is 17.7 Å². The molecule has 1 saturated heterocycles. The minimum absolute atomic E-state index is 0.407. The van der Waals surface area contributed by atoms with Crippen LogP contribution in [0.2, 0.25) is 0 Å². The van der Waals surface area contributed by atoms with E-state index < -0.39 is 10.0 Å². The van der Waals surface area contributed by atoms with Gasteiger partial charge in [-0.1, -0.05) is 6.07 Å². The fraction of sp³-hybridized carbons (Fsp3) is 0.538. The fourth-order valence-corrected chi connectivity index (χ4v) is 4.83. The molecule has 1 unspecified atom stereocenters. The molecule has 4 nitrogen and oxygen atoms in total. The number of hydrogen-bond acceptors (Lipinski definition) is 3. The largest absolute Gasteiger partial charge is 0.319 e. The summed E-state index contributed by atoms with van der Waals surface area (Å²) < 4.78 is 27.8. The molecule has 1 fully saturated rings. The average molecular weight is 394 g/mol. The van der Waals surface area contributed by atoms with Gasteiger partial charge < -0.3 is 5.32 Å². The number of nitrogens with one attached hydrogen (secondary N) is 1. The average Bonchev–Trinajstić information content (AvgIpc) is 2.39. The molecule has 0 spiro atoms. The van der Waals surface area contributed by atoms with Gasteiger partial charge in [-0.15, -0.1) is 0 Å². The minimum atomic E-state index is -3.34. The highest BCUT2D eigenvalue weighted by Crippen LogP contribution is 2.24. The van der Waals surface area contributed by atoms with E-state index in [0.29, 0.717) is 23.9 Å². The summed E-state index contributed by atoms with van der Waals surface area (Å²) >= 11 is 2.14. The molecule has 0 aliphatic carbocycles. The van der Waals surface area contributed by atoms with Gasteiger partial charge >= 0.3 is 0 Å². The number of halogens is 1. The topological polar surface area (TPSA) is 49.4 Å². The van der Waals surface area contributed by atoms with Crippen molar-refractivity contribution in [2.75, 3.05) is 26.7 Å². The first-order valence-electron chi connectivity index (χ1n) is 6.44. The van der Waals surface area contributed by atoms with Crippen LogP contribution in [0.5, 0.6) is 0 Å². The summed E-state index contributed by atoms with van der Waals surface area (Å²) in [5.41, 5.74) is 0. The summed E-state index contributed by atoms with van der Waals surface area (Å²) in [7, 11) is -1.43. The van der Waals surface area contributed by atoms with Gasteiger partial charge in [0.2, 0.25) is 10.0 Å². The highest BCUT2D eigenvalue weighted by atomic mass is 127. The molecule has 1 N–H and O–H groups in total. The predicted molar refractivity (Wildman–Crippen MR) is 84.6 cm³/mol. The molecule has 0 bridgehead atoms. The zero-order chi connectivity index (χ0) is 13.9. The Morgan fingerprint density at radius 2 is 2.26 bits per heavy atom. The van der Waals surface area contributed by atoms with E-state index in [-0.39, 0.29) is 0 Å². The molecule has 106 valence electrons. The third-order valence-electron chi connectivity index (χ3n) is 3.41. The van der Waals surface area contributed by atoms with Gasteiger partial charge in [-0.25, -0.2) is 8.42 Å². The van der Waals surface area contributed by atoms with E-state index in [1.165, 1.54) is 0 Å². The first-order chi connectivity index (χ1) is 9.04. The quantitative estimate of drug-likeness (QED) is 0.794. The highest BCUT2D eigenvalue weighted by Gasteiger charge is 2.29. The Balaban J connectivity index is 2.19. The third-order valence-corrected chi connectivity index (χ3v) is 5.94. The van der Waals surface area contributed by atoms with E-state index in [1.54, 1.807) is 22.5 Å². The van der Waals surface area contributed by atoms with Gasteiger partial charge in [-0.05, 0) is 73.1 Å². The van der Waals surface area contributed by atoms with Crippen LogP contribution < -0.4 is 5.32 Å². The van der Waals surface area contributed by atoms with Crippen molar-refractivity contribution in [2.24, 2.45) is 5.92 Å². The number of hydrogen-bond donors (Lipinski definition) is 1. The number of sulfonamides is 1. The van der Waals surface area contributed by atoms with Gasteiger partial charge in [-0.3, -0.25) is 0 Å². The van der Waals surface area contributed by atoms with Gasteiger partial charge in [0.25, 0.3) is 0 Å². The summed E-state index contributed by atoms with van der Waals surface area (Å²) in [4.78, 5) is 0.407. The van der Waals surface area contributed by atoms with Gasteiger partial charge in [0.1, 0.15) is 0 Å². The van der Waals surface area contributed by atoms with Crippen molar-refractivity contribution in [3.05, 3.63) is 27.8 Å². The normalized spacial score (nSPS) is 21.5. The van der Waals surface area contributed by atoms with Crippen molar-refractivity contribution in [1.29, 1.82) is 0 Å². The lowest BCUT2D eigenvalue weighted by atomic mass is 10.00. The third kappa shape index (κ3) is 3.68. The Morgan fingerprint density at radius 3 is 2.95 bits per heavy atom. The second kappa shape index (κ2) is 6.51. The van der Waals surface area contributed by atoms with Crippen LogP contribution in [0.1, 0.15) is 12.8 Å². The fourth-order valence-electron chi connectivity index (χ4n) is 2.48. The summed E-state index contributed by atoms with van der Waals surface area (Å²) in [6.07, 6.45) is 2.04. The van der Waals surface area contributed by atoms with Crippen LogP contribution in [0.4, 0.5) is 0 Å². The van der Waals surface area contributed by atoms with E-state index in [1.807, 2.05) is 13.1 Å². The Hall–Kier alpha value is -0.180. The van der Waals surface area contributed by atoms with E-state index >= 15 is 0 Å². The van der Waals surface area contributed by atoms with Crippen LogP contribution in [0.15, 0.2) is 29.2 Å². The molecule has 2 rings (SSSR count). The molecular formula is C13H19IN2O2S. The van der Waals surface area contributed by atoms with Crippen LogP contribution in [0.3, 0.4) is 0 Å². The van der Waals surface area contributed by atoms with E-state index in [2.05, 4.69) is 27.9 Å². The second-order valence-electron chi connectivity index (χ2n) is 4.89. The molecule has 6 heteroatoms. The van der Waals surface area contributed by atoms with Crippen LogP contribution in [-0.2, 0) is 10.0 Å². The monoisotopic (exact) mass is 394 g/mol. The summed E-state index contributed by atoms with van der Waals surface area (Å²) in [6.45, 7) is 2.13. The minimum Gasteiger partial charge on any atom is -0.319 e. The zero-order valence-electron chi connectivity index (χ0n) is 11.0. The standard InChI is InChI=1S/C13H19IN2O2S/c1-15-9-11-4-3-7-16(10-11)19(17,18)13-6-2-5-12(14)8-13/h2,5-6,8,11,15H,3-4,7,9-10H2,1H3. The van der Waals surface area contributed by atoms with Crippen LogP contribution in [-0.4, -0.2) is 39.4 Å². The zero-order valence-corrected chi connectivity index (χ0v) is 13.9. The molecule has 1 aromatic carbocycles. The van der Waals surface area contributed by atoms with Crippen LogP contribution >= 0.6 is 22.6 Å². The Morgan fingerprint density at radius 1 is 1.47 bits per heavy atom. The molecule has 1 aromatic rings. The number of benzene rings is 1. The first kappa shape index (κ1) is 15.2. The molecule has 1 atom stereocenters. The van der Waals surface area contributed by atoms with Gasteiger partial charge in [0.15, 0.2) is 0 Å². The lowest BCUT2D eigenvalue weighted by molar-refractivity contribution is 0.263. The Labute approximate surface area is 128 Å². The maximum atomic E-state index is 12.6. The number of nitrogens with zero attached hydrogens (tertiary/aromatic N) is 1. The maximum absolute atomic E-state index is 12.6. The molecule has 0 aromatic heterocycles. The van der Waals surface area contributed by atoms with Gasteiger partial charge in [0, 0.05) is 16.7 Å². The van der Waals surface area contributed by atoms with Gasteiger partial charge in [-0.2, -0.15) is 4.31 Å². The lowest BCUT2D eigenvalue weighted by Gasteiger charge is -2.31. The first-order valence-corrected chi connectivity index (χ1v) is 8.96. The molecule has 19 heavy (non-hydrogen) atoms. The summed E-state index contributed by atoms with van der Waals surface area (Å²) in [6, 6.07) is 7.11. The van der Waals surface area contributed by atoms with Crippen molar-refractivity contribution >= 4 is 32.6 Å². The highest BCUT2D eigenvalue weighted by molar-refractivity contribution is 14.1. The van der Waals surface area contributed by atoms with Crippen LogP contribution in [0, 0.1) is 9.49 Å². The second-order valence-corrected chi connectivity index (χ2v) is 8.07. The smallest absolute Gasteiger partial charge is 0.243 e. The summed E-state index contributed by atoms with van der Waals surface area (Å²) in [5, 5.41) is 3.14. The lowest BCUT2D eigenvalue weighted by Crippen LogP contribution is -2.42. The Kier molecular flexibility index (Phi) is 5.22. The number of rotatable bonds is 4. The maximum Gasteiger partial charge on any atom is 0.243 e. The molecule has 0 amide bonds. The molecule has 0 radical (unpaired) electrons. The Bertz CT molecular complexity index is 531. The molecule has 1 aliphatic heterocycles. The van der Waals surface area contributed by atoms with E-state index in [0.717, 1.165) is 23.0 Å². The molecule has 0 saturated carbocycles. The SMILES string of the molecule is CNCC1CCCN(S(=O)(=O)c2cccc(I)c2)C1. The van der Waals surface area contributed by atoms with Crippen LogP contribution in [0.25, 0.3) is 0 Å². The molecular weight excluding hydrogens is 375 g/mol. The molecule has 1 heterocycles. The van der Waals surface area contributed by atoms with Crippen molar-refractivity contribution in [3.63, 3.8) is 0 Å². The van der Waals surface area contributed by atoms with Crippen molar-refractivity contribution in [3.8, 4) is 0 Å². The van der Waals surface area contributed by atoms with Gasteiger partial charge in [0.05, 0.1) is 4.90 Å². The van der Waals surface area contributed by atoms with E-state index in [4.69, 9.17) is 0 Å². The van der Waals surface area contributed by atoms with Crippen molar-refractivity contribution < 1.29 is 8.42 Å². The molecule has 1 aliphatic rings. The summed E-state index contributed by atoms with van der Waals surface area (Å²) in [5.74, 6) is 0.413. The number of piperidine rings is 1.